The maximum Gasteiger partial charge on any atom is 0.310 e. The van der Waals surface area contributed by atoms with Crippen LogP contribution in [0.3, 0.4) is 0 Å². The van der Waals surface area contributed by atoms with Crippen LogP contribution in [0.1, 0.15) is 32.6 Å². The Morgan fingerprint density at radius 3 is 2.90 bits per heavy atom. The first-order valence-electron chi connectivity index (χ1n) is 7.21. The summed E-state index contributed by atoms with van der Waals surface area (Å²) in [5, 5.41) is 0.336. The first kappa shape index (κ1) is 14.6. The largest absolute Gasteiger partial charge is 0.457 e. The minimum absolute atomic E-state index is 0.00635. The Kier molecular flexibility index (Phi) is 3.82. The van der Waals surface area contributed by atoms with Crippen molar-refractivity contribution in [2.75, 3.05) is 0 Å². The molecule has 0 radical (unpaired) electrons. The van der Waals surface area contributed by atoms with Crippen LogP contribution in [0.2, 0.25) is 0 Å². The summed E-state index contributed by atoms with van der Waals surface area (Å²) in [6.45, 7) is 5.24. The summed E-state index contributed by atoms with van der Waals surface area (Å²) >= 11 is 1.71. The lowest BCUT2D eigenvalue weighted by molar-refractivity contribution is -0.159. The van der Waals surface area contributed by atoms with Gasteiger partial charge >= 0.3 is 11.9 Å². The van der Waals surface area contributed by atoms with Gasteiger partial charge in [-0.2, -0.15) is 0 Å². The van der Waals surface area contributed by atoms with Crippen molar-refractivity contribution >= 4 is 29.5 Å². The highest BCUT2D eigenvalue weighted by Gasteiger charge is 2.64. The van der Waals surface area contributed by atoms with Gasteiger partial charge in [-0.05, 0) is 25.3 Å². The number of hydrogen-bond donors (Lipinski definition) is 0. The highest BCUT2D eigenvalue weighted by atomic mass is 32.2. The Labute approximate surface area is 127 Å². The van der Waals surface area contributed by atoms with Crippen LogP contribution in [-0.2, 0) is 23.9 Å². The molecule has 0 N–H and O–H groups in total. The number of Topliss-reactive ketones (excluding diaryl/α,β-unsaturated/α-hetero) is 1. The first-order chi connectivity index (χ1) is 9.97. The summed E-state index contributed by atoms with van der Waals surface area (Å²) < 4.78 is 10.8. The predicted molar refractivity (Wildman–Crippen MR) is 76.7 cm³/mol. The molecule has 3 aliphatic heterocycles. The van der Waals surface area contributed by atoms with E-state index in [4.69, 9.17) is 9.47 Å². The molecule has 3 saturated heterocycles. The predicted octanol–water partition coefficient (Wildman–Crippen LogP) is 1.64. The van der Waals surface area contributed by atoms with E-state index in [-0.39, 0.29) is 52.8 Å². The molecule has 0 saturated carbocycles. The van der Waals surface area contributed by atoms with E-state index in [1.54, 1.807) is 18.7 Å². The maximum atomic E-state index is 11.9. The molecule has 0 spiro atoms. The zero-order valence-electron chi connectivity index (χ0n) is 11.9. The van der Waals surface area contributed by atoms with E-state index in [0.29, 0.717) is 18.4 Å². The second-order valence-corrected chi connectivity index (χ2v) is 7.32. The van der Waals surface area contributed by atoms with Gasteiger partial charge in [-0.3, -0.25) is 14.4 Å². The van der Waals surface area contributed by atoms with Crippen molar-refractivity contribution in [3.05, 3.63) is 12.2 Å². The number of carbonyl (C=O) groups excluding carboxylic acids is 3. The third-order valence-corrected chi connectivity index (χ3v) is 6.03. The van der Waals surface area contributed by atoms with Gasteiger partial charge in [-0.15, -0.1) is 11.8 Å². The molecule has 2 bridgehead atoms. The standard InChI is InChI=1S/C15H18O5S/c1-7(2)9(16)4-3-5-11(17)19-12-10-6-8-14(21-10)13(12)20-15(8)18/h8,10,12-14H,1,3-6H2,2H3. The molecular formula is C15H18O5S. The lowest BCUT2D eigenvalue weighted by Gasteiger charge is -2.23. The lowest BCUT2D eigenvalue weighted by Crippen LogP contribution is -2.40. The second kappa shape index (κ2) is 5.48. The van der Waals surface area contributed by atoms with Crippen molar-refractivity contribution in [1.82, 2.24) is 0 Å². The van der Waals surface area contributed by atoms with Crippen molar-refractivity contribution in [3.8, 4) is 0 Å². The molecular weight excluding hydrogens is 292 g/mol. The van der Waals surface area contributed by atoms with Crippen LogP contribution in [0.15, 0.2) is 12.2 Å². The fourth-order valence-corrected chi connectivity index (χ4v) is 5.06. The van der Waals surface area contributed by atoms with Crippen LogP contribution in [-0.4, -0.2) is 40.4 Å². The van der Waals surface area contributed by atoms with Crippen LogP contribution in [0.5, 0.6) is 0 Å². The topological polar surface area (TPSA) is 69.7 Å². The fraction of sp³-hybridized carbons (Fsp3) is 0.667. The molecule has 5 atom stereocenters. The number of ether oxygens (including phenoxy) is 2. The summed E-state index contributed by atoms with van der Waals surface area (Å²) in [5.41, 5.74) is 0.511. The monoisotopic (exact) mass is 310 g/mol. The number of rotatable bonds is 6. The highest BCUT2D eigenvalue weighted by molar-refractivity contribution is 8.01. The van der Waals surface area contributed by atoms with Gasteiger partial charge in [0, 0.05) is 18.1 Å². The minimum Gasteiger partial charge on any atom is -0.457 e. The maximum absolute atomic E-state index is 11.9. The molecule has 3 heterocycles. The number of ketones is 1. The number of fused-ring (bicyclic) bond motifs is 1. The van der Waals surface area contributed by atoms with Crippen LogP contribution in [0, 0.1) is 5.92 Å². The Hall–Kier alpha value is -1.30. The van der Waals surface area contributed by atoms with Crippen molar-refractivity contribution in [2.45, 2.75) is 55.3 Å². The summed E-state index contributed by atoms with van der Waals surface area (Å²) in [7, 11) is 0. The van der Waals surface area contributed by atoms with E-state index >= 15 is 0 Å². The van der Waals surface area contributed by atoms with Crippen LogP contribution < -0.4 is 0 Å². The lowest BCUT2D eigenvalue weighted by atomic mass is 9.88. The van der Waals surface area contributed by atoms with Gasteiger partial charge in [0.2, 0.25) is 0 Å². The molecule has 0 aromatic rings. The van der Waals surface area contributed by atoms with E-state index in [0.717, 1.165) is 6.42 Å². The Morgan fingerprint density at radius 1 is 1.43 bits per heavy atom. The van der Waals surface area contributed by atoms with E-state index < -0.39 is 0 Å². The quantitative estimate of drug-likeness (QED) is 0.549. The molecule has 5 unspecified atom stereocenters. The van der Waals surface area contributed by atoms with Gasteiger partial charge in [0.25, 0.3) is 0 Å². The number of hydrogen-bond acceptors (Lipinski definition) is 6. The third kappa shape index (κ3) is 2.61. The van der Waals surface area contributed by atoms with Crippen molar-refractivity contribution in [3.63, 3.8) is 0 Å². The Morgan fingerprint density at radius 2 is 2.19 bits per heavy atom. The number of carbonyl (C=O) groups is 3. The number of allylic oxidation sites excluding steroid dienone is 1. The smallest absolute Gasteiger partial charge is 0.310 e. The molecule has 114 valence electrons. The van der Waals surface area contributed by atoms with Crippen molar-refractivity contribution < 1.29 is 23.9 Å². The van der Waals surface area contributed by atoms with Gasteiger partial charge < -0.3 is 9.47 Å². The molecule has 0 amide bonds. The van der Waals surface area contributed by atoms with Gasteiger partial charge in [0.15, 0.2) is 18.0 Å². The van der Waals surface area contributed by atoms with E-state index in [1.807, 2.05) is 0 Å². The number of thioether (sulfide) groups is 1. The van der Waals surface area contributed by atoms with E-state index in [1.165, 1.54) is 0 Å². The normalized spacial score (nSPS) is 35.7. The van der Waals surface area contributed by atoms with Crippen molar-refractivity contribution in [2.24, 2.45) is 5.92 Å². The molecule has 21 heavy (non-hydrogen) atoms. The van der Waals surface area contributed by atoms with Gasteiger partial charge in [-0.1, -0.05) is 6.58 Å². The van der Waals surface area contributed by atoms with Crippen LogP contribution in [0.25, 0.3) is 0 Å². The van der Waals surface area contributed by atoms with E-state index in [2.05, 4.69) is 6.58 Å². The fourth-order valence-electron chi connectivity index (χ4n) is 3.20. The first-order valence-corrected chi connectivity index (χ1v) is 8.16. The van der Waals surface area contributed by atoms with Gasteiger partial charge in [0.05, 0.1) is 11.2 Å². The molecule has 3 fully saturated rings. The molecule has 0 aliphatic carbocycles. The van der Waals surface area contributed by atoms with Gasteiger partial charge in [0.1, 0.15) is 0 Å². The van der Waals surface area contributed by atoms with E-state index in [9.17, 15) is 14.4 Å². The molecule has 0 aromatic heterocycles. The van der Waals surface area contributed by atoms with Crippen molar-refractivity contribution in [1.29, 1.82) is 0 Å². The molecule has 3 aliphatic rings. The zero-order chi connectivity index (χ0) is 15.1. The third-order valence-electron chi connectivity index (χ3n) is 4.31. The molecule has 5 nitrogen and oxygen atoms in total. The molecule has 3 rings (SSSR count). The SMILES string of the molecule is C=C(C)C(=O)CCCC(=O)OC1C2CC3C(=O)OC1C3S2. The average Bonchev–Trinajstić information content (AvgIpc) is 3.03. The highest BCUT2D eigenvalue weighted by Crippen LogP contribution is 2.55. The summed E-state index contributed by atoms with van der Waals surface area (Å²) in [5.74, 6) is -0.494. The van der Waals surface area contributed by atoms with Crippen LogP contribution in [0.4, 0.5) is 0 Å². The number of esters is 2. The minimum atomic E-state index is -0.317. The average molecular weight is 310 g/mol. The summed E-state index contributed by atoms with van der Waals surface area (Å²) in [4.78, 5) is 34.9. The Bertz CT molecular complexity index is 514. The second-order valence-electron chi connectivity index (χ2n) is 5.89. The summed E-state index contributed by atoms with van der Waals surface area (Å²) in [6, 6.07) is 0. The van der Waals surface area contributed by atoms with Gasteiger partial charge in [-0.25, -0.2) is 0 Å². The summed E-state index contributed by atoms with van der Waals surface area (Å²) in [6.07, 6.45) is 1.15. The Balaban J connectivity index is 1.47. The zero-order valence-corrected chi connectivity index (χ0v) is 12.7. The molecule has 0 aromatic carbocycles. The molecule has 6 heteroatoms. The van der Waals surface area contributed by atoms with Crippen LogP contribution >= 0.6 is 11.8 Å².